The first-order chi connectivity index (χ1) is 8.08. The molecule has 0 N–H and O–H groups in total. The molecule has 2 unspecified atom stereocenters. The van der Waals surface area contributed by atoms with E-state index in [-0.39, 0.29) is 11.9 Å². The van der Waals surface area contributed by atoms with Gasteiger partial charge in [0.1, 0.15) is 5.82 Å². The van der Waals surface area contributed by atoms with Gasteiger partial charge in [-0.3, -0.25) is 4.90 Å². The molecule has 1 aromatic rings. The Bertz CT molecular complexity index is 379. The number of hydrogen-bond acceptors (Lipinski definition) is 2. The van der Waals surface area contributed by atoms with Crippen LogP contribution in [0.2, 0.25) is 5.02 Å². The van der Waals surface area contributed by atoms with Crippen LogP contribution in [0, 0.1) is 5.82 Å². The molecule has 2 atom stereocenters. The van der Waals surface area contributed by atoms with Gasteiger partial charge in [-0.1, -0.05) is 17.7 Å². The van der Waals surface area contributed by atoms with Gasteiger partial charge in [-0.25, -0.2) is 4.39 Å². The summed E-state index contributed by atoms with van der Waals surface area (Å²) in [6.45, 7) is 6.15. The van der Waals surface area contributed by atoms with E-state index in [4.69, 9.17) is 16.3 Å². The highest BCUT2D eigenvalue weighted by Gasteiger charge is 2.24. The molecule has 2 nitrogen and oxygen atoms in total. The van der Waals surface area contributed by atoms with Crippen molar-refractivity contribution in [3.8, 4) is 0 Å². The summed E-state index contributed by atoms with van der Waals surface area (Å²) in [6.07, 6.45) is 0.191. The van der Waals surface area contributed by atoms with E-state index in [0.717, 1.165) is 6.54 Å². The third kappa shape index (κ3) is 2.97. The van der Waals surface area contributed by atoms with Gasteiger partial charge in [0.25, 0.3) is 0 Å². The Morgan fingerprint density at radius 1 is 1.47 bits per heavy atom. The molecule has 2 rings (SSSR count). The molecule has 17 heavy (non-hydrogen) atoms. The van der Waals surface area contributed by atoms with Crippen LogP contribution in [0.1, 0.15) is 19.4 Å². The lowest BCUT2D eigenvalue weighted by Crippen LogP contribution is -2.46. The zero-order chi connectivity index (χ0) is 12.4. The zero-order valence-electron chi connectivity index (χ0n) is 10.1. The fourth-order valence-electron chi connectivity index (χ4n) is 2.08. The largest absolute Gasteiger partial charge is 0.376 e. The standard InChI is InChI=1S/C13H17ClFNO/c1-9-8-17-10(2)6-16(9)7-11-12(14)4-3-5-13(11)15/h3-5,9-10H,6-8H2,1-2H3. The molecule has 1 aromatic carbocycles. The van der Waals surface area contributed by atoms with Crippen LogP contribution < -0.4 is 0 Å². The molecule has 94 valence electrons. The SMILES string of the molecule is CC1CN(Cc2c(F)cccc2Cl)C(C)CO1. The van der Waals surface area contributed by atoms with Gasteiger partial charge in [-0.15, -0.1) is 0 Å². The summed E-state index contributed by atoms with van der Waals surface area (Å²) in [5.41, 5.74) is 0.579. The van der Waals surface area contributed by atoms with Crippen molar-refractivity contribution in [1.82, 2.24) is 4.90 Å². The monoisotopic (exact) mass is 257 g/mol. The first kappa shape index (κ1) is 12.8. The van der Waals surface area contributed by atoms with Crippen molar-refractivity contribution in [3.05, 3.63) is 34.6 Å². The number of halogens is 2. The van der Waals surface area contributed by atoms with Crippen molar-refractivity contribution in [2.75, 3.05) is 13.2 Å². The second kappa shape index (κ2) is 5.34. The van der Waals surface area contributed by atoms with E-state index in [1.165, 1.54) is 6.07 Å². The smallest absolute Gasteiger partial charge is 0.129 e. The predicted octanol–water partition coefficient (Wildman–Crippen LogP) is 3.09. The van der Waals surface area contributed by atoms with Crippen molar-refractivity contribution in [2.45, 2.75) is 32.5 Å². The molecule has 0 bridgehead atoms. The summed E-state index contributed by atoms with van der Waals surface area (Å²) >= 11 is 6.03. The van der Waals surface area contributed by atoms with Crippen LogP contribution in [0.4, 0.5) is 4.39 Å². The molecule has 0 saturated carbocycles. The Hall–Kier alpha value is -0.640. The lowest BCUT2D eigenvalue weighted by atomic mass is 10.1. The zero-order valence-corrected chi connectivity index (χ0v) is 10.9. The lowest BCUT2D eigenvalue weighted by molar-refractivity contribution is -0.0529. The van der Waals surface area contributed by atoms with Gasteiger partial charge in [0.05, 0.1) is 12.7 Å². The quantitative estimate of drug-likeness (QED) is 0.807. The van der Waals surface area contributed by atoms with E-state index < -0.39 is 0 Å². The number of ether oxygens (including phenoxy) is 1. The number of benzene rings is 1. The van der Waals surface area contributed by atoms with Crippen molar-refractivity contribution >= 4 is 11.6 Å². The highest BCUT2D eigenvalue weighted by Crippen LogP contribution is 2.23. The van der Waals surface area contributed by atoms with Crippen LogP contribution in [0.15, 0.2) is 18.2 Å². The van der Waals surface area contributed by atoms with Crippen LogP contribution in [0.5, 0.6) is 0 Å². The van der Waals surface area contributed by atoms with Gasteiger partial charge in [-0.2, -0.15) is 0 Å². The van der Waals surface area contributed by atoms with E-state index >= 15 is 0 Å². The first-order valence-electron chi connectivity index (χ1n) is 5.86. The molecular formula is C13H17ClFNO. The Labute approximate surface area is 106 Å². The number of rotatable bonds is 2. The second-order valence-electron chi connectivity index (χ2n) is 4.62. The fraction of sp³-hybridized carbons (Fsp3) is 0.538. The normalized spacial score (nSPS) is 26.1. The molecular weight excluding hydrogens is 241 g/mol. The molecule has 1 aliphatic rings. The summed E-state index contributed by atoms with van der Waals surface area (Å²) in [7, 11) is 0. The molecule has 0 aliphatic carbocycles. The van der Waals surface area contributed by atoms with Crippen molar-refractivity contribution < 1.29 is 9.13 Å². The number of hydrogen-bond donors (Lipinski definition) is 0. The summed E-state index contributed by atoms with van der Waals surface area (Å²) in [5, 5.41) is 0.497. The van der Waals surface area contributed by atoms with Crippen molar-refractivity contribution in [2.24, 2.45) is 0 Å². The molecule has 1 aliphatic heterocycles. The molecule has 0 amide bonds. The molecule has 0 spiro atoms. The van der Waals surface area contributed by atoms with Gasteiger partial charge in [0.2, 0.25) is 0 Å². The maximum Gasteiger partial charge on any atom is 0.129 e. The topological polar surface area (TPSA) is 12.5 Å². The molecule has 1 saturated heterocycles. The van der Waals surface area contributed by atoms with Crippen LogP contribution in [-0.2, 0) is 11.3 Å². The third-order valence-corrected chi connectivity index (χ3v) is 3.51. The van der Waals surface area contributed by atoms with Gasteiger partial charge in [-0.05, 0) is 26.0 Å². The minimum Gasteiger partial charge on any atom is -0.376 e. The van der Waals surface area contributed by atoms with Crippen LogP contribution in [-0.4, -0.2) is 30.2 Å². The van der Waals surface area contributed by atoms with Crippen molar-refractivity contribution in [1.29, 1.82) is 0 Å². The predicted molar refractivity (Wildman–Crippen MR) is 66.7 cm³/mol. The average Bonchev–Trinajstić information content (AvgIpc) is 2.28. The van der Waals surface area contributed by atoms with Crippen LogP contribution in [0.25, 0.3) is 0 Å². The van der Waals surface area contributed by atoms with E-state index in [2.05, 4.69) is 11.8 Å². The summed E-state index contributed by atoms with van der Waals surface area (Å²) in [4.78, 5) is 2.21. The first-order valence-corrected chi connectivity index (χ1v) is 6.24. The number of nitrogens with zero attached hydrogens (tertiary/aromatic N) is 1. The Balaban J connectivity index is 2.14. The summed E-state index contributed by atoms with van der Waals surface area (Å²) in [6, 6.07) is 5.11. The van der Waals surface area contributed by atoms with Crippen LogP contribution >= 0.6 is 11.6 Å². The van der Waals surface area contributed by atoms with E-state index in [9.17, 15) is 4.39 Å². The van der Waals surface area contributed by atoms with Gasteiger partial charge in [0, 0.05) is 29.7 Å². The van der Waals surface area contributed by atoms with Gasteiger partial charge < -0.3 is 4.74 Å². The molecule has 0 aromatic heterocycles. The maximum atomic E-state index is 13.7. The Kier molecular flexibility index (Phi) is 4.02. The highest BCUT2D eigenvalue weighted by atomic mass is 35.5. The van der Waals surface area contributed by atoms with E-state index in [0.29, 0.717) is 29.8 Å². The van der Waals surface area contributed by atoms with Crippen LogP contribution in [0.3, 0.4) is 0 Å². The third-order valence-electron chi connectivity index (χ3n) is 3.16. The van der Waals surface area contributed by atoms with E-state index in [1.54, 1.807) is 12.1 Å². The van der Waals surface area contributed by atoms with E-state index in [1.807, 2.05) is 6.92 Å². The maximum absolute atomic E-state index is 13.7. The lowest BCUT2D eigenvalue weighted by Gasteiger charge is -2.36. The van der Waals surface area contributed by atoms with Gasteiger partial charge in [0.15, 0.2) is 0 Å². The molecule has 4 heteroatoms. The Morgan fingerprint density at radius 2 is 2.24 bits per heavy atom. The molecule has 1 heterocycles. The number of morpholine rings is 1. The molecule has 0 radical (unpaired) electrons. The fourth-order valence-corrected chi connectivity index (χ4v) is 2.30. The average molecular weight is 258 g/mol. The van der Waals surface area contributed by atoms with Gasteiger partial charge >= 0.3 is 0 Å². The minimum atomic E-state index is -0.233. The second-order valence-corrected chi connectivity index (χ2v) is 5.03. The highest BCUT2D eigenvalue weighted by molar-refractivity contribution is 6.31. The Morgan fingerprint density at radius 3 is 2.94 bits per heavy atom. The summed E-state index contributed by atoms with van der Waals surface area (Å²) < 4.78 is 19.2. The minimum absolute atomic E-state index is 0.191. The summed E-state index contributed by atoms with van der Waals surface area (Å²) in [5.74, 6) is -0.233. The molecule has 1 fully saturated rings. The van der Waals surface area contributed by atoms with Crippen molar-refractivity contribution in [3.63, 3.8) is 0 Å².